The molecule has 1 fully saturated rings. The second kappa shape index (κ2) is 5.30. The standard InChI is InChI=1S/C16H20FNO/c1-2-16(19,13-8-4-5-9-14(13)17)15(12-18)10-6-3-7-11-15/h4-5,8-9,19H,2-3,6-7,10-11H2,1H3. The highest BCUT2D eigenvalue weighted by molar-refractivity contribution is 5.30. The van der Waals surface area contributed by atoms with Crippen molar-refractivity contribution >= 4 is 0 Å². The van der Waals surface area contributed by atoms with Crippen LogP contribution in [0.4, 0.5) is 4.39 Å². The van der Waals surface area contributed by atoms with Gasteiger partial charge in [0, 0.05) is 5.56 Å². The van der Waals surface area contributed by atoms with E-state index in [-0.39, 0.29) is 5.56 Å². The quantitative estimate of drug-likeness (QED) is 0.896. The van der Waals surface area contributed by atoms with Gasteiger partial charge in [-0.1, -0.05) is 44.4 Å². The summed E-state index contributed by atoms with van der Waals surface area (Å²) in [7, 11) is 0. The molecule has 0 radical (unpaired) electrons. The summed E-state index contributed by atoms with van der Waals surface area (Å²) >= 11 is 0. The first-order chi connectivity index (χ1) is 9.09. The fourth-order valence-corrected chi connectivity index (χ4v) is 3.36. The maximum Gasteiger partial charge on any atom is 0.129 e. The van der Waals surface area contributed by atoms with E-state index in [9.17, 15) is 14.8 Å². The second-order valence-electron chi connectivity index (χ2n) is 5.45. The molecule has 1 aromatic carbocycles. The number of nitriles is 1. The first-order valence-electron chi connectivity index (χ1n) is 6.98. The zero-order valence-electron chi connectivity index (χ0n) is 11.3. The van der Waals surface area contributed by atoms with Crippen LogP contribution in [-0.4, -0.2) is 5.11 Å². The van der Waals surface area contributed by atoms with Gasteiger partial charge in [-0.25, -0.2) is 4.39 Å². The zero-order valence-corrected chi connectivity index (χ0v) is 11.3. The van der Waals surface area contributed by atoms with Crippen molar-refractivity contribution in [3.63, 3.8) is 0 Å². The van der Waals surface area contributed by atoms with Gasteiger partial charge in [0.2, 0.25) is 0 Å². The smallest absolute Gasteiger partial charge is 0.129 e. The van der Waals surface area contributed by atoms with E-state index in [4.69, 9.17) is 0 Å². The number of benzene rings is 1. The Hall–Kier alpha value is -1.40. The monoisotopic (exact) mass is 261 g/mol. The molecule has 0 amide bonds. The Morgan fingerprint density at radius 2 is 1.95 bits per heavy atom. The maximum absolute atomic E-state index is 14.1. The highest BCUT2D eigenvalue weighted by Gasteiger charge is 2.52. The molecule has 3 heteroatoms. The average molecular weight is 261 g/mol. The van der Waals surface area contributed by atoms with Crippen molar-refractivity contribution in [2.24, 2.45) is 5.41 Å². The molecule has 1 N–H and O–H groups in total. The molecule has 1 saturated carbocycles. The summed E-state index contributed by atoms with van der Waals surface area (Å²) < 4.78 is 14.1. The van der Waals surface area contributed by atoms with Gasteiger partial charge in [0.25, 0.3) is 0 Å². The number of rotatable bonds is 3. The third kappa shape index (κ3) is 2.15. The molecule has 2 rings (SSSR count). The average Bonchev–Trinajstić information content (AvgIpc) is 2.47. The summed E-state index contributed by atoms with van der Waals surface area (Å²) in [6.07, 6.45) is 4.56. The lowest BCUT2D eigenvalue weighted by atomic mass is 9.60. The Bertz CT molecular complexity index is 488. The Labute approximate surface area is 113 Å². The molecule has 0 heterocycles. The normalized spacial score (nSPS) is 21.4. The van der Waals surface area contributed by atoms with Gasteiger partial charge in [-0.3, -0.25) is 0 Å². The van der Waals surface area contributed by atoms with E-state index < -0.39 is 16.8 Å². The summed E-state index contributed by atoms with van der Waals surface area (Å²) in [5.74, 6) is -0.424. The van der Waals surface area contributed by atoms with E-state index in [1.807, 2.05) is 6.92 Å². The summed E-state index contributed by atoms with van der Waals surface area (Å²) in [4.78, 5) is 0. The van der Waals surface area contributed by atoms with E-state index in [1.165, 1.54) is 6.07 Å². The van der Waals surface area contributed by atoms with Crippen molar-refractivity contribution in [2.75, 3.05) is 0 Å². The molecule has 102 valence electrons. The lowest BCUT2D eigenvalue weighted by molar-refractivity contribution is -0.0845. The molecule has 0 spiro atoms. The van der Waals surface area contributed by atoms with Crippen LogP contribution in [0.25, 0.3) is 0 Å². The van der Waals surface area contributed by atoms with E-state index in [0.29, 0.717) is 19.3 Å². The molecule has 1 aliphatic carbocycles. The third-order valence-electron chi connectivity index (χ3n) is 4.54. The molecule has 1 aromatic rings. The van der Waals surface area contributed by atoms with Crippen LogP contribution in [0.3, 0.4) is 0 Å². The van der Waals surface area contributed by atoms with Gasteiger partial charge >= 0.3 is 0 Å². The minimum absolute atomic E-state index is 0.265. The second-order valence-corrected chi connectivity index (χ2v) is 5.45. The molecular weight excluding hydrogens is 241 g/mol. The van der Waals surface area contributed by atoms with Gasteiger partial charge < -0.3 is 5.11 Å². The van der Waals surface area contributed by atoms with Crippen LogP contribution in [0.5, 0.6) is 0 Å². The van der Waals surface area contributed by atoms with Crippen LogP contribution in [0, 0.1) is 22.6 Å². The third-order valence-corrected chi connectivity index (χ3v) is 4.54. The van der Waals surface area contributed by atoms with Gasteiger partial charge in [0.1, 0.15) is 11.4 Å². The largest absolute Gasteiger partial charge is 0.383 e. The molecule has 2 nitrogen and oxygen atoms in total. The maximum atomic E-state index is 14.1. The summed E-state index contributed by atoms with van der Waals surface area (Å²) in [6, 6.07) is 8.59. The molecule has 19 heavy (non-hydrogen) atoms. The van der Waals surface area contributed by atoms with Crippen molar-refractivity contribution in [2.45, 2.75) is 51.0 Å². The minimum Gasteiger partial charge on any atom is -0.383 e. The van der Waals surface area contributed by atoms with Crippen molar-refractivity contribution in [3.05, 3.63) is 35.6 Å². The van der Waals surface area contributed by atoms with Crippen LogP contribution in [0.15, 0.2) is 24.3 Å². The van der Waals surface area contributed by atoms with Crippen molar-refractivity contribution in [3.8, 4) is 6.07 Å². The Balaban J connectivity index is 2.53. The first kappa shape index (κ1) is 14.0. The fraction of sp³-hybridized carbons (Fsp3) is 0.562. The highest BCUT2D eigenvalue weighted by atomic mass is 19.1. The van der Waals surface area contributed by atoms with Gasteiger partial charge in [0.05, 0.1) is 11.5 Å². The van der Waals surface area contributed by atoms with Crippen LogP contribution < -0.4 is 0 Å². The molecule has 1 unspecified atom stereocenters. The topological polar surface area (TPSA) is 44.0 Å². The number of aliphatic hydroxyl groups is 1. The SMILES string of the molecule is CCC(O)(c1ccccc1F)C1(C#N)CCCCC1. The highest BCUT2D eigenvalue weighted by Crippen LogP contribution is 2.51. The Morgan fingerprint density at radius 1 is 1.32 bits per heavy atom. The molecule has 1 aliphatic rings. The van der Waals surface area contributed by atoms with Gasteiger partial charge in [-0.15, -0.1) is 0 Å². The number of hydrogen-bond donors (Lipinski definition) is 1. The minimum atomic E-state index is -1.40. The lowest BCUT2D eigenvalue weighted by Crippen LogP contribution is -2.46. The lowest BCUT2D eigenvalue weighted by Gasteiger charge is -2.45. The zero-order chi connectivity index (χ0) is 13.9. The van der Waals surface area contributed by atoms with Crippen molar-refractivity contribution < 1.29 is 9.50 Å². The molecule has 0 bridgehead atoms. The fourth-order valence-electron chi connectivity index (χ4n) is 3.36. The van der Waals surface area contributed by atoms with Crippen LogP contribution in [0.1, 0.15) is 51.0 Å². The predicted molar refractivity (Wildman–Crippen MR) is 71.7 cm³/mol. The van der Waals surface area contributed by atoms with Crippen molar-refractivity contribution in [1.29, 1.82) is 5.26 Å². The van der Waals surface area contributed by atoms with Crippen molar-refractivity contribution in [1.82, 2.24) is 0 Å². The molecule has 0 aliphatic heterocycles. The van der Waals surface area contributed by atoms with Gasteiger partial charge in [0.15, 0.2) is 0 Å². The van der Waals surface area contributed by atoms with Gasteiger partial charge in [-0.2, -0.15) is 5.26 Å². The summed E-state index contributed by atoms with van der Waals surface area (Å²) in [6.45, 7) is 1.82. The molecule has 0 aromatic heterocycles. The predicted octanol–water partition coefficient (Wildman–Crippen LogP) is 3.90. The van der Waals surface area contributed by atoms with Crippen LogP contribution in [-0.2, 0) is 5.60 Å². The van der Waals surface area contributed by atoms with Crippen LogP contribution >= 0.6 is 0 Å². The van der Waals surface area contributed by atoms with E-state index in [1.54, 1.807) is 18.2 Å². The summed E-state index contributed by atoms with van der Waals surface area (Å²) in [5, 5.41) is 20.7. The Kier molecular flexibility index (Phi) is 3.91. The Morgan fingerprint density at radius 3 is 2.47 bits per heavy atom. The number of hydrogen-bond acceptors (Lipinski definition) is 2. The number of nitrogens with zero attached hydrogens (tertiary/aromatic N) is 1. The van der Waals surface area contributed by atoms with Crippen LogP contribution in [0.2, 0.25) is 0 Å². The molecule has 0 saturated heterocycles. The van der Waals surface area contributed by atoms with Gasteiger partial charge in [-0.05, 0) is 25.3 Å². The number of halogens is 1. The van der Waals surface area contributed by atoms with E-state index >= 15 is 0 Å². The van der Waals surface area contributed by atoms with E-state index in [2.05, 4.69) is 6.07 Å². The summed E-state index contributed by atoms with van der Waals surface area (Å²) in [5.41, 5.74) is -1.99. The molecule has 1 atom stereocenters. The first-order valence-corrected chi connectivity index (χ1v) is 6.98. The molecular formula is C16H20FNO. The van der Waals surface area contributed by atoms with E-state index in [0.717, 1.165) is 19.3 Å².